The minimum atomic E-state index is -0.469. The van der Waals surface area contributed by atoms with E-state index in [1.165, 1.54) is 12.8 Å². The molecule has 0 radical (unpaired) electrons. The number of benzene rings is 1. The van der Waals surface area contributed by atoms with Crippen molar-refractivity contribution in [2.45, 2.75) is 38.7 Å². The molecular weight excluding hydrogens is 326 g/mol. The molecule has 5 nitrogen and oxygen atoms in total. The number of aryl methyl sites for hydroxylation is 1. The molecule has 24 heavy (non-hydrogen) atoms. The van der Waals surface area contributed by atoms with Gasteiger partial charge >= 0.3 is 0 Å². The van der Waals surface area contributed by atoms with Crippen LogP contribution in [0, 0.1) is 12.8 Å². The molecule has 2 aromatic rings. The molecule has 0 spiro atoms. The van der Waals surface area contributed by atoms with Crippen LogP contribution in [0.15, 0.2) is 30.5 Å². The highest BCUT2D eigenvalue weighted by Crippen LogP contribution is 2.27. The quantitative estimate of drug-likeness (QED) is 0.873. The monoisotopic (exact) mass is 347 g/mol. The molecule has 0 aliphatic heterocycles. The van der Waals surface area contributed by atoms with Gasteiger partial charge in [0.1, 0.15) is 0 Å². The summed E-state index contributed by atoms with van der Waals surface area (Å²) in [4.78, 5) is 12.4. The Balaban J connectivity index is 1.65. The molecule has 128 valence electrons. The Morgan fingerprint density at radius 2 is 2.04 bits per heavy atom. The molecule has 1 unspecified atom stereocenters. The second kappa shape index (κ2) is 7.36. The summed E-state index contributed by atoms with van der Waals surface area (Å²) in [5.41, 5.74) is 2.01. The largest absolute Gasteiger partial charge is 0.391 e. The fourth-order valence-electron chi connectivity index (χ4n) is 3.21. The van der Waals surface area contributed by atoms with E-state index in [9.17, 15) is 9.90 Å². The summed E-state index contributed by atoms with van der Waals surface area (Å²) in [5, 5.41) is 18.0. The highest BCUT2D eigenvalue weighted by Gasteiger charge is 2.24. The second-order valence-corrected chi connectivity index (χ2v) is 6.81. The van der Waals surface area contributed by atoms with Crippen molar-refractivity contribution in [3.05, 3.63) is 46.7 Å². The SMILES string of the molecule is Cc1nn(-c2ccc(Cl)cc2)cc1C(=O)NCC(O)C1CCCC1. The molecule has 2 N–H and O–H groups in total. The lowest BCUT2D eigenvalue weighted by atomic mass is 10.0. The van der Waals surface area contributed by atoms with E-state index in [0.29, 0.717) is 22.2 Å². The molecule has 0 saturated heterocycles. The van der Waals surface area contributed by atoms with Crippen LogP contribution in [0.1, 0.15) is 41.7 Å². The predicted molar refractivity (Wildman–Crippen MR) is 93.6 cm³/mol. The first kappa shape index (κ1) is 17.0. The van der Waals surface area contributed by atoms with Gasteiger partial charge in [-0.25, -0.2) is 4.68 Å². The van der Waals surface area contributed by atoms with Crippen molar-refractivity contribution < 1.29 is 9.90 Å². The molecule has 1 amide bonds. The Kier molecular flexibility index (Phi) is 5.21. The standard InChI is InChI=1S/C18H22ClN3O2/c1-12-16(11-22(21-12)15-8-6-14(19)7-9-15)18(24)20-10-17(23)13-4-2-3-5-13/h6-9,11,13,17,23H,2-5,10H2,1H3,(H,20,24). The Labute approximate surface area is 146 Å². The van der Waals surface area contributed by atoms with Gasteiger partial charge in [-0.05, 0) is 49.9 Å². The molecule has 1 fully saturated rings. The Morgan fingerprint density at radius 3 is 2.71 bits per heavy atom. The van der Waals surface area contributed by atoms with Crippen LogP contribution in [-0.4, -0.2) is 33.4 Å². The third kappa shape index (κ3) is 3.79. The highest BCUT2D eigenvalue weighted by molar-refractivity contribution is 6.30. The van der Waals surface area contributed by atoms with Crippen LogP contribution in [0.3, 0.4) is 0 Å². The Hall–Kier alpha value is -1.85. The molecule has 1 aromatic heterocycles. The maximum atomic E-state index is 12.4. The molecule has 1 aromatic carbocycles. The van der Waals surface area contributed by atoms with Gasteiger partial charge in [0.25, 0.3) is 5.91 Å². The number of nitrogens with one attached hydrogen (secondary N) is 1. The highest BCUT2D eigenvalue weighted by atomic mass is 35.5. The molecule has 1 aliphatic carbocycles. The van der Waals surface area contributed by atoms with Crippen molar-refractivity contribution in [3.63, 3.8) is 0 Å². The molecular formula is C18H22ClN3O2. The first-order valence-corrected chi connectivity index (χ1v) is 8.71. The minimum absolute atomic E-state index is 0.204. The van der Waals surface area contributed by atoms with Crippen LogP contribution in [0.5, 0.6) is 0 Å². The van der Waals surface area contributed by atoms with Crippen molar-refractivity contribution in [1.82, 2.24) is 15.1 Å². The maximum absolute atomic E-state index is 12.4. The van der Waals surface area contributed by atoms with Gasteiger partial charge in [0.2, 0.25) is 0 Å². The van der Waals surface area contributed by atoms with Crippen LogP contribution in [0.25, 0.3) is 5.69 Å². The van der Waals surface area contributed by atoms with Crippen LogP contribution in [0.2, 0.25) is 5.02 Å². The number of aromatic nitrogens is 2. The summed E-state index contributed by atoms with van der Waals surface area (Å²) >= 11 is 5.89. The topological polar surface area (TPSA) is 67.2 Å². The van der Waals surface area contributed by atoms with E-state index in [-0.39, 0.29) is 12.5 Å². The lowest BCUT2D eigenvalue weighted by Gasteiger charge is -2.17. The van der Waals surface area contributed by atoms with Gasteiger partial charge in [-0.2, -0.15) is 5.10 Å². The summed E-state index contributed by atoms with van der Waals surface area (Å²) in [6.07, 6.45) is 5.67. The number of nitrogens with zero attached hydrogens (tertiary/aromatic N) is 2. The summed E-state index contributed by atoms with van der Waals surface area (Å²) in [7, 11) is 0. The van der Waals surface area contributed by atoms with Gasteiger partial charge in [-0.15, -0.1) is 0 Å². The Morgan fingerprint density at radius 1 is 1.38 bits per heavy atom. The van der Waals surface area contributed by atoms with Crippen molar-refractivity contribution in [2.75, 3.05) is 6.54 Å². The number of halogens is 1. The van der Waals surface area contributed by atoms with E-state index in [4.69, 9.17) is 11.6 Å². The zero-order chi connectivity index (χ0) is 17.1. The van der Waals surface area contributed by atoms with Crippen molar-refractivity contribution in [2.24, 2.45) is 5.92 Å². The zero-order valence-electron chi connectivity index (χ0n) is 13.7. The number of rotatable bonds is 5. The predicted octanol–water partition coefficient (Wildman–Crippen LogP) is 3.12. The first-order chi connectivity index (χ1) is 11.5. The minimum Gasteiger partial charge on any atom is -0.391 e. The number of amides is 1. The lowest BCUT2D eigenvalue weighted by molar-refractivity contribution is 0.0840. The third-order valence-electron chi connectivity index (χ3n) is 4.65. The second-order valence-electron chi connectivity index (χ2n) is 6.37. The summed E-state index contributed by atoms with van der Waals surface area (Å²) in [6, 6.07) is 7.26. The maximum Gasteiger partial charge on any atom is 0.254 e. The van der Waals surface area contributed by atoms with E-state index >= 15 is 0 Å². The van der Waals surface area contributed by atoms with Crippen molar-refractivity contribution in [1.29, 1.82) is 0 Å². The number of hydrogen-bond acceptors (Lipinski definition) is 3. The summed E-state index contributed by atoms with van der Waals surface area (Å²) in [5.74, 6) is 0.105. The van der Waals surface area contributed by atoms with Gasteiger partial charge in [0.15, 0.2) is 0 Å². The average molecular weight is 348 g/mol. The number of carbonyl (C=O) groups excluding carboxylic acids is 1. The average Bonchev–Trinajstić information content (AvgIpc) is 3.23. The number of carbonyl (C=O) groups is 1. The molecule has 1 atom stereocenters. The fraction of sp³-hybridized carbons (Fsp3) is 0.444. The van der Waals surface area contributed by atoms with Crippen LogP contribution in [-0.2, 0) is 0 Å². The van der Waals surface area contributed by atoms with Gasteiger partial charge in [0.05, 0.1) is 23.0 Å². The number of aliphatic hydroxyl groups is 1. The smallest absolute Gasteiger partial charge is 0.254 e. The Bertz CT molecular complexity index is 706. The van der Waals surface area contributed by atoms with E-state index in [1.54, 1.807) is 29.9 Å². The summed E-state index contributed by atoms with van der Waals surface area (Å²) < 4.78 is 1.66. The van der Waals surface area contributed by atoms with Crippen molar-refractivity contribution >= 4 is 17.5 Å². The van der Waals surface area contributed by atoms with E-state index < -0.39 is 6.10 Å². The third-order valence-corrected chi connectivity index (χ3v) is 4.90. The molecule has 1 heterocycles. The molecule has 0 bridgehead atoms. The fourth-order valence-corrected chi connectivity index (χ4v) is 3.34. The van der Waals surface area contributed by atoms with Gasteiger partial charge in [-0.1, -0.05) is 24.4 Å². The molecule has 6 heteroatoms. The van der Waals surface area contributed by atoms with Gasteiger partial charge in [-0.3, -0.25) is 4.79 Å². The van der Waals surface area contributed by atoms with Gasteiger partial charge < -0.3 is 10.4 Å². The van der Waals surface area contributed by atoms with Crippen LogP contribution >= 0.6 is 11.6 Å². The molecule has 3 rings (SSSR count). The van der Waals surface area contributed by atoms with E-state index in [2.05, 4.69) is 10.4 Å². The van der Waals surface area contributed by atoms with E-state index in [1.807, 2.05) is 12.1 Å². The molecule has 1 saturated carbocycles. The normalized spacial score (nSPS) is 16.3. The van der Waals surface area contributed by atoms with Crippen LogP contribution in [0.4, 0.5) is 0 Å². The zero-order valence-corrected chi connectivity index (χ0v) is 14.5. The molecule has 1 aliphatic rings. The number of hydrogen-bond donors (Lipinski definition) is 2. The van der Waals surface area contributed by atoms with Gasteiger partial charge in [0, 0.05) is 17.8 Å². The summed E-state index contributed by atoms with van der Waals surface area (Å²) in [6.45, 7) is 2.09. The van der Waals surface area contributed by atoms with E-state index in [0.717, 1.165) is 18.5 Å². The van der Waals surface area contributed by atoms with Crippen molar-refractivity contribution in [3.8, 4) is 5.69 Å². The first-order valence-electron chi connectivity index (χ1n) is 8.33. The van der Waals surface area contributed by atoms with Crippen LogP contribution < -0.4 is 5.32 Å². The lowest BCUT2D eigenvalue weighted by Crippen LogP contribution is -2.35. The number of aliphatic hydroxyl groups excluding tert-OH is 1.